The van der Waals surface area contributed by atoms with Crippen molar-refractivity contribution in [3.05, 3.63) is 59.7 Å². The smallest absolute Gasteiger partial charge is 0.337 e. The molecule has 0 bridgehead atoms. The largest absolute Gasteiger partial charge is 0.491 e. The zero-order valence-electron chi connectivity index (χ0n) is 16.0. The Morgan fingerprint density at radius 2 is 1.97 bits per heavy atom. The number of ether oxygens (including phenoxy) is 3. The molecule has 8 heteroatoms. The number of amides is 1. The van der Waals surface area contributed by atoms with E-state index >= 15 is 0 Å². The molecule has 1 atom stereocenters. The van der Waals surface area contributed by atoms with E-state index in [2.05, 4.69) is 15.4 Å². The number of carbonyl (C=O) groups is 2. The molecular formula is C21H22N2O5S. The van der Waals surface area contributed by atoms with E-state index in [0.717, 1.165) is 19.4 Å². The SMILES string of the molecule is COC(=O)c1cccc(C(=O)NC(=S)Nc2cccc(OCC3CCCO3)c2)c1. The summed E-state index contributed by atoms with van der Waals surface area (Å²) < 4.78 is 16.0. The first-order chi connectivity index (χ1) is 14.0. The Bertz CT molecular complexity index is 896. The van der Waals surface area contributed by atoms with E-state index in [1.807, 2.05) is 18.2 Å². The quantitative estimate of drug-likeness (QED) is 0.555. The Morgan fingerprint density at radius 1 is 1.17 bits per heavy atom. The molecule has 152 valence electrons. The summed E-state index contributed by atoms with van der Waals surface area (Å²) in [5, 5.41) is 5.68. The minimum atomic E-state index is -0.514. The lowest BCUT2D eigenvalue weighted by molar-refractivity contribution is 0.0600. The highest BCUT2D eigenvalue weighted by Gasteiger charge is 2.16. The fraction of sp³-hybridized carbons (Fsp3) is 0.286. The minimum Gasteiger partial charge on any atom is -0.491 e. The minimum absolute atomic E-state index is 0.132. The van der Waals surface area contributed by atoms with Crippen molar-refractivity contribution >= 4 is 34.9 Å². The van der Waals surface area contributed by atoms with Crippen LogP contribution in [0.4, 0.5) is 5.69 Å². The van der Waals surface area contributed by atoms with E-state index in [-0.39, 0.29) is 16.8 Å². The standard InChI is InChI=1S/C21H22N2O5S/c1-26-20(25)15-6-2-5-14(11-15)19(24)23-21(29)22-16-7-3-8-17(12-16)28-13-18-9-4-10-27-18/h2-3,5-8,11-12,18H,4,9-10,13H2,1H3,(H2,22,23,24,29). The molecule has 1 unspecified atom stereocenters. The van der Waals surface area contributed by atoms with Crippen LogP contribution in [0.2, 0.25) is 0 Å². The fourth-order valence-electron chi connectivity index (χ4n) is 2.87. The third-order valence-electron chi connectivity index (χ3n) is 4.32. The van der Waals surface area contributed by atoms with Gasteiger partial charge in [-0.25, -0.2) is 4.79 Å². The molecule has 0 saturated carbocycles. The van der Waals surface area contributed by atoms with Crippen molar-refractivity contribution in [2.45, 2.75) is 18.9 Å². The molecule has 1 fully saturated rings. The third-order valence-corrected chi connectivity index (χ3v) is 4.53. The maximum atomic E-state index is 12.4. The van der Waals surface area contributed by atoms with Crippen LogP contribution in [-0.4, -0.2) is 43.4 Å². The monoisotopic (exact) mass is 414 g/mol. The molecule has 29 heavy (non-hydrogen) atoms. The molecule has 1 saturated heterocycles. The molecule has 1 aliphatic heterocycles. The topological polar surface area (TPSA) is 85.9 Å². The van der Waals surface area contributed by atoms with Gasteiger partial charge in [0.2, 0.25) is 0 Å². The van der Waals surface area contributed by atoms with E-state index in [0.29, 0.717) is 23.6 Å². The first-order valence-electron chi connectivity index (χ1n) is 9.20. The Morgan fingerprint density at radius 3 is 2.72 bits per heavy atom. The molecule has 7 nitrogen and oxygen atoms in total. The van der Waals surface area contributed by atoms with Gasteiger partial charge in [0.15, 0.2) is 5.11 Å². The van der Waals surface area contributed by atoms with Crippen molar-refractivity contribution in [1.82, 2.24) is 5.32 Å². The first-order valence-corrected chi connectivity index (χ1v) is 9.61. The van der Waals surface area contributed by atoms with Gasteiger partial charge in [0.25, 0.3) is 5.91 Å². The van der Waals surface area contributed by atoms with Gasteiger partial charge in [-0.2, -0.15) is 0 Å². The van der Waals surface area contributed by atoms with Crippen LogP contribution in [0.1, 0.15) is 33.6 Å². The summed E-state index contributed by atoms with van der Waals surface area (Å²) in [6.45, 7) is 1.29. The summed E-state index contributed by atoms with van der Waals surface area (Å²) >= 11 is 5.22. The van der Waals surface area contributed by atoms with Gasteiger partial charge in [0, 0.05) is 23.9 Å². The summed E-state index contributed by atoms with van der Waals surface area (Å²) in [6.07, 6.45) is 2.20. The van der Waals surface area contributed by atoms with Crippen molar-refractivity contribution in [2.75, 3.05) is 25.6 Å². The summed E-state index contributed by atoms with van der Waals surface area (Å²) in [5.74, 6) is -0.260. The molecule has 2 aromatic rings. The maximum absolute atomic E-state index is 12.4. The average molecular weight is 414 g/mol. The van der Waals surface area contributed by atoms with Crippen LogP contribution < -0.4 is 15.4 Å². The van der Waals surface area contributed by atoms with Gasteiger partial charge in [-0.3, -0.25) is 10.1 Å². The van der Waals surface area contributed by atoms with Crippen LogP contribution in [0.3, 0.4) is 0 Å². The van der Waals surface area contributed by atoms with Gasteiger partial charge in [-0.1, -0.05) is 12.1 Å². The van der Waals surface area contributed by atoms with E-state index in [4.69, 9.17) is 21.7 Å². The van der Waals surface area contributed by atoms with E-state index < -0.39 is 11.9 Å². The summed E-state index contributed by atoms with van der Waals surface area (Å²) in [7, 11) is 1.28. The van der Waals surface area contributed by atoms with Crippen molar-refractivity contribution in [3.63, 3.8) is 0 Å². The number of hydrogen-bond acceptors (Lipinski definition) is 6. The van der Waals surface area contributed by atoms with Gasteiger partial charge in [0.05, 0.1) is 18.8 Å². The van der Waals surface area contributed by atoms with Crippen molar-refractivity contribution < 1.29 is 23.8 Å². The highest BCUT2D eigenvalue weighted by atomic mass is 32.1. The number of rotatable bonds is 6. The average Bonchev–Trinajstić information content (AvgIpc) is 3.25. The normalized spacial score (nSPS) is 15.4. The first kappa shape index (κ1) is 20.8. The van der Waals surface area contributed by atoms with E-state index in [1.54, 1.807) is 24.3 Å². The second-order valence-corrected chi connectivity index (χ2v) is 6.86. The molecule has 1 amide bonds. The number of methoxy groups -OCH3 is 1. The zero-order valence-corrected chi connectivity index (χ0v) is 16.8. The second kappa shape index (κ2) is 9.99. The summed E-state index contributed by atoms with van der Waals surface area (Å²) in [4.78, 5) is 24.0. The lowest BCUT2D eigenvalue weighted by Gasteiger charge is -2.13. The molecular weight excluding hydrogens is 392 g/mol. The van der Waals surface area contributed by atoms with Gasteiger partial charge in [-0.05, 0) is 55.4 Å². The van der Waals surface area contributed by atoms with Crippen molar-refractivity contribution in [2.24, 2.45) is 0 Å². The Labute approximate surface area is 174 Å². The number of anilines is 1. The maximum Gasteiger partial charge on any atom is 0.337 e. The van der Waals surface area contributed by atoms with Crippen LogP contribution in [-0.2, 0) is 9.47 Å². The zero-order chi connectivity index (χ0) is 20.6. The van der Waals surface area contributed by atoms with Crippen molar-refractivity contribution in [1.29, 1.82) is 0 Å². The molecule has 2 aromatic carbocycles. The van der Waals surface area contributed by atoms with Crippen LogP contribution in [0, 0.1) is 0 Å². The Kier molecular flexibility index (Phi) is 7.15. The molecule has 0 radical (unpaired) electrons. The highest BCUT2D eigenvalue weighted by molar-refractivity contribution is 7.80. The van der Waals surface area contributed by atoms with Gasteiger partial charge in [-0.15, -0.1) is 0 Å². The molecule has 1 heterocycles. The number of hydrogen-bond donors (Lipinski definition) is 2. The number of benzene rings is 2. The Hall–Kier alpha value is -2.97. The second-order valence-electron chi connectivity index (χ2n) is 6.45. The number of thiocarbonyl (C=S) groups is 1. The fourth-order valence-corrected chi connectivity index (χ4v) is 3.08. The molecule has 0 aromatic heterocycles. The lowest BCUT2D eigenvalue weighted by Crippen LogP contribution is -2.34. The van der Waals surface area contributed by atoms with E-state index in [9.17, 15) is 9.59 Å². The number of nitrogens with one attached hydrogen (secondary N) is 2. The highest BCUT2D eigenvalue weighted by Crippen LogP contribution is 2.19. The van der Waals surface area contributed by atoms with Crippen LogP contribution in [0.25, 0.3) is 0 Å². The van der Waals surface area contributed by atoms with E-state index in [1.165, 1.54) is 13.2 Å². The molecule has 0 spiro atoms. The summed E-state index contributed by atoms with van der Waals surface area (Å²) in [5.41, 5.74) is 1.27. The molecule has 2 N–H and O–H groups in total. The van der Waals surface area contributed by atoms with Gasteiger partial charge >= 0.3 is 5.97 Å². The third kappa shape index (κ3) is 6.00. The van der Waals surface area contributed by atoms with Crippen molar-refractivity contribution in [3.8, 4) is 5.75 Å². The molecule has 0 aliphatic carbocycles. The van der Waals surface area contributed by atoms with Gasteiger partial charge in [0.1, 0.15) is 12.4 Å². The van der Waals surface area contributed by atoms with Crippen LogP contribution in [0.5, 0.6) is 5.75 Å². The molecule has 3 rings (SSSR count). The lowest BCUT2D eigenvalue weighted by atomic mass is 10.1. The van der Waals surface area contributed by atoms with Gasteiger partial charge < -0.3 is 19.5 Å². The van der Waals surface area contributed by atoms with Crippen LogP contribution >= 0.6 is 12.2 Å². The molecule has 1 aliphatic rings. The Balaban J connectivity index is 1.55. The number of carbonyl (C=O) groups excluding carboxylic acids is 2. The summed E-state index contributed by atoms with van der Waals surface area (Å²) in [6, 6.07) is 13.5. The number of esters is 1. The van der Waals surface area contributed by atoms with Crippen LogP contribution in [0.15, 0.2) is 48.5 Å². The predicted octanol–water partition coefficient (Wildman–Crippen LogP) is 3.16. The predicted molar refractivity (Wildman–Crippen MR) is 112 cm³/mol.